The first kappa shape index (κ1) is 24.8. The molecule has 1 fully saturated rings. The molecule has 35 heavy (non-hydrogen) atoms. The Bertz CT molecular complexity index is 1070. The molecule has 1 heterocycles. The fourth-order valence-corrected chi connectivity index (χ4v) is 4.69. The van der Waals surface area contributed by atoms with Gasteiger partial charge in [-0.25, -0.2) is 0 Å². The predicted octanol–water partition coefficient (Wildman–Crippen LogP) is 6.39. The highest BCUT2D eigenvalue weighted by molar-refractivity contribution is 6.04. The van der Waals surface area contributed by atoms with E-state index in [4.69, 9.17) is 4.74 Å². The summed E-state index contributed by atoms with van der Waals surface area (Å²) in [6.07, 6.45) is 4.35. The number of carbonyl (C=O) groups excluding carboxylic acids is 1. The molecule has 4 rings (SSSR count). The molecule has 0 saturated carbocycles. The molecular weight excluding hydrogens is 434 g/mol. The summed E-state index contributed by atoms with van der Waals surface area (Å²) in [4.78, 5) is 17.6. The molecule has 1 saturated heterocycles. The average molecular weight is 472 g/mol. The van der Waals surface area contributed by atoms with Crippen molar-refractivity contribution in [2.45, 2.75) is 44.7 Å². The number of nitrogens with zero attached hydrogens (tertiary/aromatic N) is 2. The van der Waals surface area contributed by atoms with E-state index in [1.54, 1.807) is 0 Å². The largest absolute Gasteiger partial charge is 0.494 e. The van der Waals surface area contributed by atoms with Crippen LogP contribution in [-0.4, -0.2) is 44.1 Å². The average Bonchev–Trinajstić information content (AvgIpc) is 2.90. The van der Waals surface area contributed by atoms with Gasteiger partial charge in [-0.1, -0.05) is 43.7 Å². The van der Waals surface area contributed by atoms with Gasteiger partial charge in [-0.05, 0) is 87.5 Å². The summed E-state index contributed by atoms with van der Waals surface area (Å²) in [7, 11) is 4.35. The number of anilines is 2. The highest BCUT2D eigenvalue weighted by Crippen LogP contribution is 2.36. The first-order valence-electron chi connectivity index (χ1n) is 12.7. The fourth-order valence-electron chi connectivity index (χ4n) is 4.69. The summed E-state index contributed by atoms with van der Waals surface area (Å²) < 4.78 is 5.69. The van der Waals surface area contributed by atoms with Crippen LogP contribution in [-0.2, 0) is 0 Å². The maximum absolute atomic E-state index is 12.7. The number of hydrogen-bond acceptors (Lipinski definition) is 4. The Kier molecular flexibility index (Phi) is 8.43. The molecule has 2 unspecified atom stereocenters. The van der Waals surface area contributed by atoms with Gasteiger partial charge >= 0.3 is 0 Å². The Labute approximate surface area is 209 Å². The zero-order chi connectivity index (χ0) is 24.6. The lowest BCUT2D eigenvalue weighted by molar-refractivity contribution is 0.102. The molecule has 0 aliphatic carbocycles. The van der Waals surface area contributed by atoms with Crippen molar-refractivity contribution < 1.29 is 9.53 Å². The number of benzene rings is 3. The molecule has 184 valence electrons. The van der Waals surface area contributed by atoms with Gasteiger partial charge in [0.05, 0.1) is 12.6 Å². The van der Waals surface area contributed by atoms with Gasteiger partial charge < -0.3 is 19.9 Å². The minimum Gasteiger partial charge on any atom is -0.494 e. The number of rotatable bonds is 9. The third-order valence-electron chi connectivity index (χ3n) is 6.83. The molecule has 1 amide bonds. The van der Waals surface area contributed by atoms with E-state index in [-0.39, 0.29) is 5.91 Å². The van der Waals surface area contributed by atoms with Crippen LogP contribution in [0.3, 0.4) is 0 Å². The van der Waals surface area contributed by atoms with Crippen LogP contribution in [0.25, 0.3) is 0 Å². The Balaban J connectivity index is 1.42. The number of hydrogen-bond donors (Lipinski definition) is 1. The smallest absolute Gasteiger partial charge is 0.255 e. The van der Waals surface area contributed by atoms with E-state index >= 15 is 0 Å². The Morgan fingerprint density at radius 2 is 1.71 bits per heavy atom. The number of nitrogens with one attached hydrogen (secondary N) is 1. The Morgan fingerprint density at radius 3 is 2.37 bits per heavy atom. The molecule has 0 spiro atoms. The Morgan fingerprint density at radius 1 is 1.00 bits per heavy atom. The molecule has 2 atom stereocenters. The second-order valence-corrected chi connectivity index (χ2v) is 9.49. The van der Waals surface area contributed by atoms with Crippen LogP contribution in [0.15, 0.2) is 78.9 Å². The number of amides is 1. The van der Waals surface area contributed by atoms with Gasteiger partial charge in [-0.2, -0.15) is 0 Å². The van der Waals surface area contributed by atoms with Gasteiger partial charge in [0.1, 0.15) is 5.75 Å². The Hall–Kier alpha value is -3.31. The number of unbranched alkanes of at least 4 members (excludes halogenated alkanes) is 1. The van der Waals surface area contributed by atoms with Crippen molar-refractivity contribution in [1.29, 1.82) is 0 Å². The van der Waals surface area contributed by atoms with Crippen molar-refractivity contribution >= 4 is 17.3 Å². The van der Waals surface area contributed by atoms with E-state index in [9.17, 15) is 4.79 Å². The third kappa shape index (κ3) is 6.43. The van der Waals surface area contributed by atoms with Gasteiger partial charge in [-0.3, -0.25) is 4.79 Å². The van der Waals surface area contributed by atoms with Gasteiger partial charge in [0.2, 0.25) is 0 Å². The minimum atomic E-state index is -0.119. The molecule has 1 aliphatic heterocycles. The highest BCUT2D eigenvalue weighted by atomic mass is 16.5. The summed E-state index contributed by atoms with van der Waals surface area (Å²) in [6, 6.07) is 27.2. The predicted molar refractivity (Wildman–Crippen MR) is 144 cm³/mol. The standard InChI is InChI=1S/C30H37N3O2/c1-4-5-21-35-28-17-11-24(12-18-28)30(34)31-25-13-15-26(16-14-25)33-20-19-27(32(2)3)22-29(33)23-9-7-6-8-10-23/h6-18,27,29H,4-5,19-22H2,1-3H3,(H,31,34). The van der Waals surface area contributed by atoms with E-state index < -0.39 is 0 Å². The van der Waals surface area contributed by atoms with Crippen molar-refractivity contribution in [3.8, 4) is 5.75 Å². The number of carbonyl (C=O) groups is 1. The van der Waals surface area contributed by atoms with Crippen LogP contribution in [0.2, 0.25) is 0 Å². The molecule has 5 nitrogen and oxygen atoms in total. The summed E-state index contributed by atoms with van der Waals surface area (Å²) in [5.41, 5.74) is 3.94. The zero-order valence-electron chi connectivity index (χ0n) is 21.1. The van der Waals surface area contributed by atoms with Crippen molar-refractivity contribution in [1.82, 2.24) is 4.90 Å². The number of ether oxygens (including phenoxy) is 1. The lowest BCUT2D eigenvalue weighted by atomic mass is 9.90. The lowest BCUT2D eigenvalue weighted by Crippen LogP contribution is -2.44. The third-order valence-corrected chi connectivity index (χ3v) is 6.83. The molecule has 1 N–H and O–H groups in total. The van der Waals surface area contributed by atoms with Crippen LogP contribution in [0.5, 0.6) is 5.75 Å². The van der Waals surface area contributed by atoms with Crippen LogP contribution >= 0.6 is 0 Å². The lowest BCUT2D eigenvalue weighted by Gasteiger charge is -2.43. The molecule has 0 aromatic heterocycles. The van der Waals surface area contributed by atoms with Crippen LogP contribution in [0.1, 0.15) is 54.6 Å². The maximum atomic E-state index is 12.7. The molecule has 3 aromatic rings. The summed E-state index contributed by atoms with van der Waals surface area (Å²) >= 11 is 0. The van der Waals surface area contributed by atoms with Crippen LogP contribution < -0.4 is 15.0 Å². The van der Waals surface area contributed by atoms with Crippen LogP contribution in [0, 0.1) is 0 Å². The van der Waals surface area contributed by atoms with E-state index in [1.165, 1.54) is 11.3 Å². The van der Waals surface area contributed by atoms with Gasteiger partial charge in [0.15, 0.2) is 0 Å². The molecule has 0 radical (unpaired) electrons. The van der Waals surface area contributed by atoms with Gasteiger partial charge in [0.25, 0.3) is 5.91 Å². The zero-order valence-corrected chi connectivity index (χ0v) is 21.1. The second-order valence-electron chi connectivity index (χ2n) is 9.49. The SMILES string of the molecule is CCCCOc1ccc(C(=O)Nc2ccc(N3CCC(N(C)C)CC3c3ccccc3)cc2)cc1. The second kappa shape index (κ2) is 11.9. The molecule has 3 aromatic carbocycles. The molecule has 1 aliphatic rings. The van der Waals surface area contributed by atoms with Gasteiger partial charge in [-0.15, -0.1) is 0 Å². The number of piperidine rings is 1. The molecular formula is C30H37N3O2. The maximum Gasteiger partial charge on any atom is 0.255 e. The summed E-state index contributed by atoms with van der Waals surface area (Å²) in [6.45, 7) is 3.84. The summed E-state index contributed by atoms with van der Waals surface area (Å²) in [5.74, 6) is 0.678. The molecule has 5 heteroatoms. The monoisotopic (exact) mass is 471 g/mol. The fraction of sp³-hybridized carbons (Fsp3) is 0.367. The minimum absolute atomic E-state index is 0.119. The first-order chi connectivity index (χ1) is 17.0. The van der Waals surface area contributed by atoms with Crippen molar-refractivity contribution in [3.05, 3.63) is 90.0 Å². The van der Waals surface area contributed by atoms with E-state index in [0.29, 0.717) is 24.3 Å². The van der Waals surface area contributed by atoms with Crippen LogP contribution in [0.4, 0.5) is 11.4 Å². The molecule has 0 bridgehead atoms. The normalized spacial score (nSPS) is 17.9. The highest BCUT2D eigenvalue weighted by Gasteiger charge is 2.30. The first-order valence-corrected chi connectivity index (χ1v) is 12.7. The summed E-state index contributed by atoms with van der Waals surface area (Å²) in [5, 5.41) is 3.02. The van der Waals surface area contributed by atoms with Crippen molar-refractivity contribution in [2.75, 3.05) is 37.5 Å². The van der Waals surface area contributed by atoms with E-state index in [1.807, 2.05) is 36.4 Å². The van der Waals surface area contributed by atoms with Crippen molar-refractivity contribution in [2.24, 2.45) is 0 Å². The topological polar surface area (TPSA) is 44.8 Å². The van der Waals surface area contributed by atoms with Gasteiger partial charge in [0, 0.05) is 29.5 Å². The van der Waals surface area contributed by atoms with E-state index in [2.05, 4.69) is 78.6 Å². The van der Waals surface area contributed by atoms with Crippen molar-refractivity contribution in [3.63, 3.8) is 0 Å². The van der Waals surface area contributed by atoms with E-state index in [0.717, 1.165) is 43.7 Å². The quantitative estimate of drug-likeness (QED) is 0.367.